The number of carbonyl (C=O) groups excluding carboxylic acids is 1. The van der Waals surface area contributed by atoms with Gasteiger partial charge in [0.15, 0.2) is 0 Å². The van der Waals surface area contributed by atoms with E-state index in [-0.39, 0.29) is 5.91 Å². The van der Waals surface area contributed by atoms with Crippen LogP contribution in [0.1, 0.15) is 28.8 Å². The summed E-state index contributed by atoms with van der Waals surface area (Å²) in [5.74, 6) is -0.158. The number of likely N-dealkylation sites (tertiary alicyclic amines) is 1. The van der Waals surface area contributed by atoms with E-state index in [1.807, 2.05) is 17.0 Å². The molecule has 25 heavy (non-hydrogen) atoms. The van der Waals surface area contributed by atoms with E-state index in [0.717, 1.165) is 64.2 Å². The van der Waals surface area contributed by atoms with Crippen LogP contribution in [-0.2, 0) is 11.2 Å². The largest absolute Gasteiger partial charge is 0.478 e. The molecule has 2 saturated heterocycles. The number of nitrogens with one attached hydrogen (secondary N) is 1. The third kappa shape index (κ3) is 5.03. The maximum atomic E-state index is 12.4. The van der Waals surface area contributed by atoms with Crippen LogP contribution < -0.4 is 5.32 Å². The molecule has 0 radical (unpaired) electrons. The van der Waals surface area contributed by atoms with Gasteiger partial charge in [-0.05, 0) is 36.5 Å². The fraction of sp³-hybridized carbons (Fsp3) is 0.579. The Morgan fingerprint density at radius 2 is 1.84 bits per heavy atom. The van der Waals surface area contributed by atoms with Gasteiger partial charge < -0.3 is 20.2 Å². The first-order chi connectivity index (χ1) is 12.1. The monoisotopic (exact) mass is 345 g/mol. The van der Waals surface area contributed by atoms with Crippen LogP contribution in [-0.4, -0.2) is 72.6 Å². The zero-order valence-electron chi connectivity index (χ0n) is 14.6. The van der Waals surface area contributed by atoms with Crippen LogP contribution in [0, 0.1) is 5.92 Å². The number of hydrogen-bond acceptors (Lipinski definition) is 4. The Morgan fingerprint density at radius 1 is 1.12 bits per heavy atom. The number of rotatable bonds is 6. The van der Waals surface area contributed by atoms with Gasteiger partial charge in [0.2, 0.25) is 5.91 Å². The van der Waals surface area contributed by atoms with Gasteiger partial charge in [-0.2, -0.15) is 0 Å². The highest BCUT2D eigenvalue weighted by molar-refractivity contribution is 5.87. The average molecular weight is 345 g/mol. The van der Waals surface area contributed by atoms with Crippen LogP contribution in [0.3, 0.4) is 0 Å². The zero-order chi connectivity index (χ0) is 17.6. The minimum Gasteiger partial charge on any atom is -0.478 e. The Bertz CT molecular complexity index is 596. The molecule has 6 heteroatoms. The minimum absolute atomic E-state index is 0.266. The van der Waals surface area contributed by atoms with Crippen LogP contribution in [0.25, 0.3) is 0 Å². The third-order valence-electron chi connectivity index (χ3n) is 5.22. The first-order valence-corrected chi connectivity index (χ1v) is 9.15. The van der Waals surface area contributed by atoms with Gasteiger partial charge in [0.1, 0.15) is 0 Å². The average Bonchev–Trinajstić information content (AvgIpc) is 3.09. The Hall–Kier alpha value is -1.92. The molecule has 0 bridgehead atoms. The maximum Gasteiger partial charge on any atom is 0.335 e. The Labute approximate surface area is 148 Å². The fourth-order valence-corrected chi connectivity index (χ4v) is 3.69. The summed E-state index contributed by atoms with van der Waals surface area (Å²) in [5, 5.41) is 12.3. The molecule has 2 aliphatic rings. The second-order valence-electron chi connectivity index (χ2n) is 7.04. The molecule has 2 fully saturated rings. The third-order valence-corrected chi connectivity index (χ3v) is 5.22. The van der Waals surface area contributed by atoms with Gasteiger partial charge in [-0.15, -0.1) is 0 Å². The molecule has 1 atom stereocenters. The molecule has 1 aromatic rings. The van der Waals surface area contributed by atoms with Gasteiger partial charge in [0.25, 0.3) is 0 Å². The van der Waals surface area contributed by atoms with Crippen LogP contribution in [0.2, 0.25) is 0 Å². The van der Waals surface area contributed by atoms with Crippen molar-refractivity contribution in [3.05, 3.63) is 35.4 Å². The number of carbonyl (C=O) groups is 2. The number of piperazine rings is 1. The molecule has 0 spiro atoms. The van der Waals surface area contributed by atoms with Crippen molar-refractivity contribution in [2.75, 3.05) is 45.8 Å². The predicted molar refractivity (Wildman–Crippen MR) is 95.7 cm³/mol. The van der Waals surface area contributed by atoms with E-state index in [2.05, 4.69) is 10.2 Å². The van der Waals surface area contributed by atoms with Crippen LogP contribution >= 0.6 is 0 Å². The highest BCUT2D eigenvalue weighted by Crippen LogP contribution is 2.22. The molecule has 6 nitrogen and oxygen atoms in total. The number of nitrogens with zero attached hydrogens (tertiary/aromatic N) is 2. The topological polar surface area (TPSA) is 72.9 Å². The SMILES string of the molecule is O=C(O)c1ccc(CC2CCN(C(=O)CCN3CCNCC3)C2)cc1. The molecule has 1 amide bonds. The number of aromatic carboxylic acids is 1. The van der Waals surface area contributed by atoms with Crippen molar-refractivity contribution in [3.63, 3.8) is 0 Å². The van der Waals surface area contributed by atoms with Crippen LogP contribution in [0.4, 0.5) is 0 Å². The highest BCUT2D eigenvalue weighted by Gasteiger charge is 2.26. The minimum atomic E-state index is -0.895. The molecule has 0 aliphatic carbocycles. The maximum absolute atomic E-state index is 12.4. The molecule has 0 saturated carbocycles. The fourth-order valence-electron chi connectivity index (χ4n) is 3.69. The summed E-state index contributed by atoms with van der Waals surface area (Å²) in [7, 11) is 0. The van der Waals surface area contributed by atoms with Gasteiger partial charge >= 0.3 is 5.97 Å². The van der Waals surface area contributed by atoms with Crippen molar-refractivity contribution in [1.82, 2.24) is 15.1 Å². The molecule has 2 aliphatic heterocycles. The molecule has 0 aromatic heterocycles. The summed E-state index contributed by atoms with van der Waals surface area (Å²) in [5.41, 5.74) is 1.46. The number of hydrogen-bond donors (Lipinski definition) is 2. The molecular formula is C19H27N3O3. The molecule has 1 aromatic carbocycles. The summed E-state index contributed by atoms with van der Waals surface area (Å²) in [4.78, 5) is 27.7. The van der Waals surface area contributed by atoms with Crippen LogP contribution in [0.5, 0.6) is 0 Å². The number of benzene rings is 1. The Morgan fingerprint density at radius 3 is 2.52 bits per heavy atom. The molecule has 136 valence electrons. The zero-order valence-corrected chi connectivity index (χ0v) is 14.6. The van der Waals surface area contributed by atoms with Gasteiger partial charge in [0, 0.05) is 52.2 Å². The first kappa shape index (κ1) is 17.9. The van der Waals surface area contributed by atoms with E-state index in [9.17, 15) is 9.59 Å². The molecular weight excluding hydrogens is 318 g/mol. The van der Waals surface area contributed by atoms with Gasteiger partial charge in [0.05, 0.1) is 5.56 Å². The van der Waals surface area contributed by atoms with E-state index in [1.165, 1.54) is 0 Å². The highest BCUT2D eigenvalue weighted by atomic mass is 16.4. The lowest BCUT2D eigenvalue weighted by Gasteiger charge is -2.27. The smallest absolute Gasteiger partial charge is 0.335 e. The summed E-state index contributed by atoms with van der Waals surface area (Å²) in [6.07, 6.45) is 2.54. The summed E-state index contributed by atoms with van der Waals surface area (Å²) in [6.45, 7) is 6.61. The standard InChI is InChI=1S/C19H27N3O3/c23-18(6-9-21-11-7-20-8-12-21)22-10-5-16(14-22)13-15-1-3-17(4-2-15)19(24)25/h1-4,16,20H,5-14H2,(H,24,25). The second-order valence-corrected chi connectivity index (χ2v) is 7.04. The molecule has 2 N–H and O–H groups in total. The lowest BCUT2D eigenvalue weighted by molar-refractivity contribution is -0.130. The van der Waals surface area contributed by atoms with E-state index in [0.29, 0.717) is 17.9 Å². The van der Waals surface area contributed by atoms with Crippen molar-refractivity contribution in [2.45, 2.75) is 19.3 Å². The quantitative estimate of drug-likeness (QED) is 0.807. The Balaban J connectivity index is 1.42. The summed E-state index contributed by atoms with van der Waals surface area (Å²) < 4.78 is 0. The van der Waals surface area contributed by atoms with Gasteiger partial charge in [-0.25, -0.2) is 4.79 Å². The van der Waals surface area contributed by atoms with Crippen molar-refractivity contribution in [2.24, 2.45) is 5.92 Å². The summed E-state index contributed by atoms with van der Waals surface area (Å²) >= 11 is 0. The van der Waals surface area contributed by atoms with E-state index in [4.69, 9.17) is 5.11 Å². The van der Waals surface area contributed by atoms with E-state index < -0.39 is 5.97 Å². The number of amides is 1. The number of carboxylic acid groups (broad SMARTS) is 1. The van der Waals surface area contributed by atoms with Crippen molar-refractivity contribution >= 4 is 11.9 Å². The first-order valence-electron chi connectivity index (χ1n) is 9.15. The normalized spacial score (nSPS) is 21.4. The second kappa shape index (κ2) is 8.45. The lowest BCUT2D eigenvalue weighted by atomic mass is 9.98. The van der Waals surface area contributed by atoms with E-state index >= 15 is 0 Å². The summed E-state index contributed by atoms with van der Waals surface area (Å²) in [6, 6.07) is 7.09. The van der Waals surface area contributed by atoms with E-state index in [1.54, 1.807) is 12.1 Å². The Kier molecular flexibility index (Phi) is 6.04. The number of carboxylic acids is 1. The van der Waals surface area contributed by atoms with Gasteiger partial charge in [-0.3, -0.25) is 4.79 Å². The predicted octanol–water partition coefficient (Wildman–Crippen LogP) is 1.07. The van der Waals surface area contributed by atoms with Gasteiger partial charge in [-0.1, -0.05) is 12.1 Å². The molecule has 1 unspecified atom stereocenters. The molecule has 3 rings (SSSR count). The van der Waals surface area contributed by atoms with Crippen molar-refractivity contribution in [3.8, 4) is 0 Å². The van der Waals surface area contributed by atoms with Crippen LogP contribution in [0.15, 0.2) is 24.3 Å². The molecule has 2 heterocycles. The van der Waals surface area contributed by atoms with Crippen molar-refractivity contribution in [1.29, 1.82) is 0 Å². The lowest BCUT2D eigenvalue weighted by Crippen LogP contribution is -2.44. The van der Waals surface area contributed by atoms with Crippen molar-refractivity contribution < 1.29 is 14.7 Å².